The van der Waals surface area contributed by atoms with Crippen LogP contribution in [0.1, 0.15) is 32.8 Å². The summed E-state index contributed by atoms with van der Waals surface area (Å²) in [7, 11) is 0. The first-order chi connectivity index (χ1) is 14.7. The zero-order valence-corrected chi connectivity index (χ0v) is 19.1. The van der Waals surface area contributed by atoms with E-state index in [2.05, 4.69) is 12.1 Å². The molecule has 2 heterocycles. The average Bonchev–Trinajstić information content (AvgIpc) is 3.30. The number of thioether (sulfide) groups is 2. The Bertz CT molecular complexity index is 1000. The minimum Gasteiger partial charge on any atom is -0.466 e. The molecule has 4 nitrogen and oxygen atoms in total. The monoisotopic (exact) mass is 470 g/mol. The van der Waals surface area contributed by atoms with Crippen LogP contribution in [0.15, 0.2) is 58.9 Å². The Labute approximate surface area is 197 Å². The molecule has 162 valence electrons. The van der Waals surface area contributed by atoms with Crippen LogP contribution in [-0.4, -0.2) is 28.4 Å². The Morgan fingerprint density at radius 2 is 2.00 bits per heavy atom. The zero-order chi connectivity index (χ0) is 21.2. The molecule has 0 aliphatic rings. The molecule has 0 aliphatic carbocycles. The largest absolute Gasteiger partial charge is 0.466 e. The Morgan fingerprint density at radius 3 is 2.68 bits per heavy atom. The van der Waals surface area contributed by atoms with Crippen molar-refractivity contribution >= 4 is 40.8 Å². The minimum atomic E-state index is -0.229. The van der Waals surface area contributed by atoms with Crippen molar-refractivity contribution in [3.63, 3.8) is 0 Å². The predicted molar refractivity (Wildman–Crippen MR) is 133 cm³/mol. The van der Waals surface area contributed by atoms with Crippen molar-refractivity contribution in [2.75, 3.05) is 17.4 Å². The van der Waals surface area contributed by atoms with E-state index in [4.69, 9.17) is 9.72 Å². The fourth-order valence-electron chi connectivity index (χ4n) is 2.81. The zero-order valence-electron chi connectivity index (χ0n) is 16.7. The lowest BCUT2D eigenvalue weighted by Crippen LogP contribution is -2.00. The van der Waals surface area contributed by atoms with Crippen LogP contribution in [0, 0.1) is 11.3 Å². The highest BCUT2D eigenvalue weighted by atomic mass is 32.2. The van der Waals surface area contributed by atoms with Gasteiger partial charge in [-0.2, -0.15) is 17.0 Å². The first kappa shape index (κ1) is 25.0. The van der Waals surface area contributed by atoms with Gasteiger partial charge in [-0.3, -0.25) is 4.79 Å². The average molecular weight is 471 g/mol. The van der Waals surface area contributed by atoms with Crippen molar-refractivity contribution in [2.45, 2.75) is 32.2 Å². The highest BCUT2D eigenvalue weighted by Gasteiger charge is 2.16. The summed E-state index contributed by atoms with van der Waals surface area (Å²) in [6.07, 6.45) is 1.85. The summed E-state index contributed by atoms with van der Waals surface area (Å²) in [5.41, 5.74) is 3.47. The van der Waals surface area contributed by atoms with Crippen molar-refractivity contribution in [3.8, 4) is 27.8 Å². The van der Waals surface area contributed by atoms with Crippen LogP contribution in [0.2, 0.25) is 0 Å². The number of hydrogen-bond acceptors (Lipinski definition) is 7. The molecule has 3 aromatic rings. The van der Waals surface area contributed by atoms with Crippen molar-refractivity contribution < 1.29 is 9.53 Å². The summed E-state index contributed by atoms with van der Waals surface area (Å²) in [4.78, 5) is 16.7. The number of nitriles is 1. The molecule has 0 atom stereocenters. The lowest BCUT2D eigenvalue weighted by Gasteiger charge is -2.12. The van der Waals surface area contributed by atoms with E-state index in [1.54, 1.807) is 34.9 Å². The molecular weight excluding hydrogens is 444 g/mol. The third-order valence-electron chi connectivity index (χ3n) is 4.22. The van der Waals surface area contributed by atoms with Crippen LogP contribution >= 0.6 is 34.9 Å². The SMILES string of the molecule is C.CC(=O)OCCCCSCSc1nc(-c2cccs2)cc(-c2ccccc2)c1C#N. The Morgan fingerprint density at radius 1 is 1.19 bits per heavy atom. The minimum absolute atomic E-state index is 0. The second-order valence-corrected chi connectivity index (χ2v) is 9.79. The van der Waals surface area contributed by atoms with Gasteiger partial charge in [-0.05, 0) is 41.7 Å². The first-order valence-electron chi connectivity index (χ1n) is 9.57. The molecule has 0 N–H and O–H groups in total. The number of esters is 1. The molecule has 0 spiro atoms. The summed E-state index contributed by atoms with van der Waals surface area (Å²) in [6, 6.07) is 18.5. The highest BCUT2D eigenvalue weighted by molar-refractivity contribution is 8.16. The van der Waals surface area contributed by atoms with Crippen LogP contribution < -0.4 is 0 Å². The van der Waals surface area contributed by atoms with E-state index in [1.807, 2.05) is 47.8 Å². The van der Waals surface area contributed by atoms with Gasteiger partial charge in [0.25, 0.3) is 0 Å². The summed E-state index contributed by atoms with van der Waals surface area (Å²) in [6.45, 7) is 1.91. The molecule has 0 fully saturated rings. The quantitative estimate of drug-likeness (QED) is 0.136. The number of aromatic nitrogens is 1. The maximum atomic E-state index is 10.8. The Balaban J connectivity index is 0.00000341. The highest BCUT2D eigenvalue weighted by Crippen LogP contribution is 2.36. The summed E-state index contributed by atoms with van der Waals surface area (Å²) < 4.78 is 4.95. The maximum Gasteiger partial charge on any atom is 0.302 e. The van der Waals surface area contributed by atoms with Gasteiger partial charge >= 0.3 is 5.97 Å². The second-order valence-electron chi connectivity index (χ2n) is 6.41. The topological polar surface area (TPSA) is 63.0 Å². The van der Waals surface area contributed by atoms with Crippen LogP contribution in [-0.2, 0) is 9.53 Å². The number of ether oxygens (including phenoxy) is 1. The lowest BCUT2D eigenvalue weighted by molar-refractivity contribution is -0.141. The number of pyridine rings is 1. The van der Waals surface area contributed by atoms with Crippen molar-refractivity contribution in [1.29, 1.82) is 5.26 Å². The number of thiophene rings is 1. The molecule has 0 aliphatic heterocycles. The number of hydrogen-bond donors (Lipinski definition) is 0. The molecule has 0 amide bonds. The summed E-state index contributed by atoms with van der Waals surface area (Å²) in [5, 5.41) is 13.5. The van der Waals surface area contributed by atoms with Gasteiger partial charge in [0.1, 0.15) is 11.1 Å². The first-order valence-corrected chi connectivity index (χ1v) is 12.6. The van der Waals surface area contributed by atoms with Gasteiger partial charge in [0.15, 0.2) is 0 Å². The van der Waals surface area contributed by atoms with E-state index >= 15 is 0 Å². The van der Waals surface area contributed by atoms with E-state index in [0.717, 1.165) is 50.4 Å². The summed E-state index contributed by atoms with van der Waals surface area (Å²) in [5.74, 6) is 0.750. The lowest BCUT2D eigenvalue weighted by atomic mass is 10.0. The molecule has 0 saturated carbocycles. The van der Waals surface area contributed by atoms with Crippen molar-refractivity contribution in [3.05, 3.63) is 59.5 Å². The molecule has 1 aromatic carbocycles. The van der Waals surface area contributed by atoms with E-state index < -0.39 is 0 Å². The second kappa shape index (κ2) is 13.2. The molecule has 0 radical (unpaired) electrons. The molecule has 0 unspecified atom stereocenters. The van der Waals surface area contributed by atoms with Gasteiger partial charge in [0.2, 0.25) is 0 Å². The van der Waals surface area contributed by atoms with Gasteiger partial charge in [-0.15, -0.1) is 11.3 Å². The van der Waals surface area contributed by atoms with Gasteiger partial charge < -0.3 is 4.74 Å². The smallest absolute Gasteiger partial charge is 0.302 e. The molecular formula is C24H26N2O2S3. The fraction of sp³-hybridized carbons (Fsp3) is 0.292. The van der Waals surface area contributed by atoms with E-state index in [9.17, 15) is 10.1 Å². The van der Waals surface area contributed by atoms with Crippen molar-refractivity contribution in [1.82, 2.24) is 4.98 Å². The van der Waals surface area contributed by atoms with Gasteiger partial charge in [-0.1, -0.05) is 55.6 Å². The standard InChI is InChI=1S/C23H22N2O2S3.CH4/c1-17(26)27-11-5-6-12-28-16-30-23-20(15-24)19(18-8-3-2-4-9-18)14-21(25-23)22-10-7-13-29-22;/h2-4,7-10,13-14H,5-6,11-12,16H2,1H3;1H4. The molecule has 3 rings (SSSR count). The number of carbonyl (C=O) groups excluding carboxylic acids is 1. The van der Waals surface area contributed by atoms with Crippen molar-refractivity contribution in [2.24, 2.45) is 0 Å². The van der Waals surface area contributed by atoms with E-state index in [-0.39, 0.29) is 13.4 Å². The number of nitrogens with zero attached hydrogens (tertiary/aromatic N) is 2. The predicted octanol–water partition coefficient (Wildman–Crippen LogP) is 7.11. The van der Waals surface area contributed by atoms with Gasteiger partial charge in [0, 0.05) is 17.6 Å². The molecule has 31 heavy (non-hydrogen) atoms. The third kappa shape index (κ3) is 7.42. The number of carbonyl (C=O) groups is 1. The Kier molecular flexibility index (Phi) is 10.6. The number of unbranched alkanes of at least 4 members (excludes halogenated alkanes) is 1. The third-order valence-corrected chi connectivity index (χ3v) is 7.40. The maximum absolute atomic E-state index is 10.8. The molecule has 7 heteroatoms. The normalized spacial score (nSPS) is 10.2. The van der Waals surface area contributed by atoms with Crippen LogP contribution in [0.25, 0.3) is 21.7 Å². The van der Waals surface area contributed by atoms with E-state index in [0.29, 0.717) is 12.2 Å². The van der Waals surface area contributed by atoms with Gasteiger partial charge in [0.05, 0.1) is 22.7 Å². The number of benzene rings is 1. The van der Waals surface area contributed by atoms with Crippen LogP contribution in [0.4, 0.5) is 0 Å². The van der Waals surface area contributed by atoms with Gasteiger partial charge in [-0.25, -0.2) is 4.98 Å². The number of rotatable bonds is 10. The van der Waals surface area contributed by atoms with Crippen LogP contribution in [0.3, 0.4) is 0 Å². The summed E-state index contributed by atoms with van der Waals surface area (Å²) >= 11 is 5.06. The van der Waals surface area contributed by atoms with Crippen LogP contribution in [0.5, 0.6) is 0 Å². The molecule has 0 bridgehead atoms. The fourth-order valence-corrected chi connectivity index (χ4v) is 5.62. The Hall–Kier alpha value is -2.27. The molecule has 2 aromatic heterocycles. The van der Waals surface area contributed by atoms with E-state index in [1.165, 1.54) is 6.92 Å². The molecule has 0 saturated heterocycles.